The molecule has 0 fully saturated rings. The van der Waals surface area contributed by atoms with Crippen molar-refractivity contribution >= 4 is 28.9 Å². The fourth-order valence-electron chi connectivity index (χ4n) is 2.04. The molecule has 0 aliphatic heterocycles. The summed E-state index contributed by atoms with van der Waals surface area (Å²) in [6, 6.07) is 6.25. The second-order valence-electron chi connectivity index (χ2n) is 4.79. The van der Waals surface area contributed by atoms with E-state index in [2.05, 4.69) is 52.4 Å². The lowest BCUT2D eigenvalue weighted by Gasteiger charge is -2.14. The number of aryl methyl sites for hydroxylation is 2. The van der Waals surface area contributed by atoms with Gasteiger partial charge in [-0.15, -0.1) is 0 Å². The van der Waals surface area contributed by atoms with Crippen molar-refractivity contribution in [3.8, 4) is 0 Å². The van der Waals surface area contributed by atoms with Crippen LogP contribution in [0.1, 0.15) is 16.7 Å². The summed E-state index contributed by atoms with van der Waals surface area (Å²) >= 11 is 6.15. The number of halogens is 1. The monoisotopic (exact) mass is 287 g/mol. The zero-order valence-electron chi connectivity index (χ0n) is 11.5. The smallest absolute Gasteiger partial charge is 0.255 e. The highest BCUT2D eigenvalue weighted by Gasteiger charge is 2.13. The van der Waals surface area contributed by atoms with Crippen LogP contribution in [0, 0.1) is 20.8 Å². The molecule has 0 unspecified atom stereocenters. The average molecular weight is 288 g/mol. The molecule has 20 heavy (non-hydrogen) atoms. The quantitative estimate of drug-likeness (QED) is 0.734. The number of rotatable bonds is 2. The topological polar surface area (TPSA) is 55.1 Å². The van der Waals surface area contributed by atoms with E-state index in [-0.39, 0.29) is 0 Å². The standard InChI is InChI=1S/C14H14ClN5/c1-8-4-5-9(2)11(6-8)18-13-10(3)12(15)19-14-16-7-17-20(13)14/h4-7,18H,1-3H3. The van der Waals surface area contributed by atoms with E-state index in [0.29, 0.717) is 10.9 Å². The molecule has 0 aliphatic carbocycles. The second-order valence-corrected chi connectivity index (χ2v) is 5.15. The van der Waals surface area contributed by atoms with E-state index in [9.17, 15) is 0 Å². The van der Waals surface area contributed by atoms with Crippen molar-refractivity contribution in [1.82, 2.24) is 19.6 Å². The molecule has 3 rings (SSSR count). The minimum absolute atomic E-state index is 0.429. The maximum atomic E-state index is 6.15. The molecular formula is C14H14ClN5. The predicted molar refractivity (Wildman–Crippen MR) is 79.7 cm³/mol. The molecular weight excluding hydrogens is 274 g/mol. The van der Waals surface area contributed by atoms with Gasteiger partial charge in [0.2, 0.25) is 0 Å². The first-order valence-electron chi connectivity index (χ1n) is 6.26. The van der Waals surface area contributed by atoms with Crippen LogP contribution in [0.5, 0.6) is 0 Å². The minimum atomic E-state index is 0.429. The Hall–Kier alpha value is -2.14. The van der Waals surface area contributed by atoms with Gasteiger partial charge in [-0.3, -0.25) is 0 Å². The predicted octanol–water partition coefficient (Wildman–Crippen LogP) is 3.45. The summed E-state index contributed by atoms with van der Waals surface area (Å²) in [4.78, 5) is 8.27. The van der Waals surface area contributed by atoms with Crippen LogP contribution >= 0.6 is 11.6 Å². The molecule has 0 amide bonds. The first kappa shape index (κ1) is 12.9. The highest BCUT2D eigenvalue weighted by atomic mass is 35.5. The Labute approximate surface area is 121 Å². The molecule has 0 spiro atoms. The maximum Gasteiger partial charge on any atom is 0.255 e. The zero-order chi connectivity index (χ0) is 14.3. The van der Waals surface area contributed by atoms with Crippen molar-refractivity contribution in [1.29, 1.82) is 0 Å². The number of hydrogen-bond donors (Lipinski definition) is 1. The normalized spacial score (nSPS) is 11.0. The van der Waals surface area contributed by atoms with E-state index in [1.807, 2.05) is 6.92 Å². The van der Waals surface area contributed by atoms with Crippen LogP contribution in [0.2, 0.25) is 5.15 Å². The summed E-state index contributed by atoms with van der Waals surface area (Å²) < 4.78 is 1.66. The lowest BCUT2D eigenvalue weighted by atomic mass is 10.1. The molecule has 0 aliphatic rings. The number of nitrogens with zero attached hydrogens (tertiary/aromatic N) is 4. The van der Waals surface area contributed by atoms with Gasteiger partial charge in [0.05, 0.1) is 0 Å². The van der Waals surface area contributed by atoms with E-state index in [1.165, 1.54) is 11.9 Å². The lowest BCUT2D eigenvalue weighted by Crippen LogP contribution is -2.06. The molecule has 1 aromatic carbocycles. The SMILES string of the molecule is Cc1ccc(C)c(Nc2c(C)c(Cl)nc3ncnn23)c1. The van der Waals surface area contributed by atoms with Crippen LogP contribution < -0.4 is 5.32 Å². The summed E-state index contributed by atoms with van der Waals surface area (Å²) in [7, 11) is 0. The molecule has 0 atom stereocenters. The van der Waals surface area contributed by atoms with Gasteiger partial charge in [0, 0.05) is 11.3 Å². The van der Waals surface area contributed by atoms with Crippen molar-refractivity contribution in [2.75, 3.05) is 5.32 Å². The molecule has 6 heteroatoms. The molecule has 2 heterocycles. The summed E-state index contributed by atoms with van der Waals surface area (Å²) in [5.41, 5.74) is 4.19. The highest BCUT2D eigenvalue weighted by molar-refractivity contribution is 6.30. The van der Waals surface area contributed by atoms with E-state index in [0.717, 1.165) is 22.6 Å². The van der Waals surface area contributed by atoms with Crippen molar-refractivity contribution in [3.63, 3.8) is 0 Å². The van der Waals surface area contributed by atoms with Gasteiger partial charge in [-0.05, 0) is 38.0 Å². The molecule has 0 saturated carbocycles. The van der Waals surface area contributed by atoms with Gasteiger partial charge in [0.15, 0.2) is 0 Å². The Morgan fingerprint density at radius 2 is 2.00 bits per heavy atom. The Bertz CT molecular complexity index is 794. The van der Waals surface area contributed by atoms with Gasteiger partial charge in [-0.1, -0.05) is 23.7 Å². The van der Waals surface area contributed by atoms with Crippen molar-refractivity contribution < 1.29 is 0 Å². The molecule has 0 bridgehead atoms. The first-order chi connectivity index (χ1) is 9.56. The summed E-state index contributed by atoms with van der Waals surface area (Å²) in [6.45, 7) is 6.02. The molecule has 3 aromatic rings. The van der Waals surface area contributed by atoms with E-state index in [4.69, 9.17) is 11.6 Å². The number of hydrogen-bond acceptors (Lipinski definition) is 4. The van der Waals surface area contributed by atoms with Crippen molar-refractivity contribution in [3.05, 3.63) is 46.4 Å². The second kappa shape index (κ2) is 4.76. The number of fused-ring (bicyclic) bond motifs is 1. The van der Waals surface area contributed by atoms with Crippen LogP contribution in [0.15, 0.2) is 24.5 Å². The molecule has 102 valence electrons. The molecule has 0 saturated heterocycles. The van der Waals surface area contributed by atoms with Crippen molar-refractivity contribution in [2.45, 2.75) is 20.8 Å². The summed E-state index contributed by atoms with van der Waals surface area (Å²) in [6.07, 6.45) is 1.46. The molecule has 1 N–H and O–H groups in total. The number of anilines is 2. The third kappa shape index (κ3) is 2.10. The first-order valence-corrected chi connectivity index (χ1v) is 6.64. The Morgan fingerprint density at radius 3 is 2.80 bits per heavy atom. The van der Waals surface area contributed by atoms with Crippen LogP contribution in [-0.4, -0.2) is 19.6 Å². The van der Waals surface area contributed by atoms with Gasteiger partial charge in [-0.25, -0.2) is 0 Å². The molecule has 0 radical (unpaired) electrons. The molecule has 5 nitrogen and oxygen atoms in total. The van der Waals surface area contributed by atoms with Gasteiger partial charge < -0.3 is 5.32 Å². The summed E-state index contributed by atoms with van der Waals surface area (Å²) in [5.74, 6) is 1.26. The van der Waals surface area contributed by atoms with Gasteiger partial charge in [0.1, 0.15) is 17.3 Å². The van der Waals surface area contributed by atoms with Gasteiger partial charge >= 0.3 is 0 Å². The third-order valence-electron chi connectivity index (χ3n) is 3.25. The third-order valence-corrected chi connectivity index (χ3v) is 3.62. The lowest BCUT2D eigenvalue weighted by molar-refractivity contribution is 0.936. The molecule has 2 aromatic heterocycles. The van der Waals surface area contributed by atoms with Crippen LogP contribution in [0.25, 0.3) is 5.78 Å². The minimum Gasteiger partial charge on any atom is -0.340 e. The Morgan fingerprint density at radius 1 is 1.20 bits per heavy atom. The number of nitrogens with one attached hydrogen (secondary N) is 1. The van der Waals surface area contributed by atoms with Crippen molar-refractivity contribution in [2.24, 2.45) is 0 Å². The van der Waals surface area contributed by atoms with Crippen LogP contribution in [0.4, 0.5) is 11.5 Å². The van der Waals surface area contributed by atoms with Crippen LogP contribution in [-0.2, 0) is 0 Å². The van der Waals surface area contributed by atoms with Gasteiger partial charge in [0.25, 0.3) is 5.78 Å². The number of benzene rings is 1. The highest BCUT2D eigenvalue weighted by Crippen LogP contribution is 2.27. The Kier molecular flexibility index (Phi) is 3.06. The van der Waals surface area contributed by atoms with E-state index < -0.39 is 0 Å². The fourth-order valence-corrected chi connectivity index (χ4v) is 2.21. The average Bonchev–Trinajstić information content (AvgIpc) is 2.86. The summed E-state index contributed by atoms with van der Waals surface area (Å²) in [5, 5.41) is 8.01. The largest absolute Gasteiger partial charge is 0.340 e. The van der Waals surface area contributed by atoms with E-state index >= 15 is 0 Å². The van der Waals surface area contributed by atoms with Crippen LogP contribution in [0.3, 0.4) is 0 Å². The fraction of sp³-hybridized carbons (Fsp3) is 0.214. The van der Waals surface area contributed by atoms with E-state index in [1.54, 1.807) is 4.52 Å². The number of aromatic nitrogens is 4. The Balaban J connectivity index is 2.17. The van der Waals surface area contributed by atoms with Gasteiger partial charge in [-0.2, -0.15) is 19.6 Å². The maximum absolute atomic E-state index is 6.15. The zero-order valence-corrected chi connectivity index (χ0v) is 12.2.